The van der Waals surface area contributed by atoms with E-state index in [-0.39, 0.29) is 5.91 Å². The average Bonchev–Trinajstić information content (AvgIpc) is 2.68. The molecule has 20 heavy (non-hydrogen) atoms. The van der Waals surface area contributed by atoms with Crippen LogP contribution in [0.25, 0.3) is 0 Å². The first-order valence-electron chi connectivity index (χ1n) is 5.89. The lowest BCUT2D eigenvalue weighted by atomic mass is 10.2. The van der Waals surface area contributed by atoms with Gasteiger partial charge in [0.2, 0.25) is 0 Å². The molecule has 0 saturated carbocycles. The van der Waals surface area contributed by atoms with Gasteiger partial charge in [-0.3, -0.25) is 4.79 Å². The van der Waals surface area contributed by atoms with Crippen molar-refractivity contribution < 1.29 is 4.79 Å². The summed E-state index contributed by atoms with van der Waals surface area (Å²) in [5, 5.41) is 3.75. The van der Waals surface area contributed by atoms with Crippen LogP contribution in [0.2, 0.25) is 5.02 Å². The topological polar surface area (TPSA) is 71.2 Å². The van der Waals surface area contributed by atoms with Crippen LogP contribution in [0.3, 0.4) is 0 Å². The number of benzene rings is 1. The second kappa shape index (κ2) is 5.68. The summed E-state index contributed by atoms with van der Waals surface area (Å²) in [4.78, 5) is 18.6. The Bertz CT molecular complexity index is 654. The Labute approximate surface area is 126 Å². The van der Waals surface area contributed by atoms with Crippen LogP contribution in [0, 0.1) is 6.92 Å². The van der Waals surface area contributed by atoms with Gasteiger partial charge in [-0.05, 0) is 25.1 Å². The van der Waals surface area contributed by atoms with E-state index in [1.165, 1.54) is 11.3 Å². The lowest BCUT2D eigenvalue weighted by Crippen LogP contribution is -2.13. The van der Waals surface area contributed by atoms with Gasteiger partial charge in [0, 0.05) is 19.8 Å². The summed E-state index contributed by atoms with van der Waals surface area (Å²) < 4.78 is 0. The zero-order valence-electron chi connectivity index (χ0n) is 11.4. The number of nitrogens with one attached hydrogen (secondary N) is 1. The highest BCUT2D eigenvalue weighted by Crippen LogP contribution is 2.28. The van der Waals surface area contributed by atoms with E-state index in [0.29, 0.717) is 26.4 Å². The molecule has 0 bridgehead atoms. The van der Waals surface area contributed by atoms with Gasteiger partial charge in [0.25, 0.3) is 5.91 Å². The fraction of sp³-hybridized carbons (Fsp3) is 0.231. The van der Waals surface area contributed by atoms with Gasteiger partial charge in [-0.2, -0.15) is 0 Å². The van der Waals surface area contributed by atoms with Crippen LogP contribution in [0.5, 0.6) is 0 Å². The molecular weight excluding hydrogens is 296 g/mol. The molecule has 106 valence electrons. The van der Waals surface area contributed by atoms with Crippen molar-refractivity contribution in [1.29, 1.82) is 0 Å². The molecule has 0 aliphatic rings. The smallest absolute Gasteiger partial charge is 0.267 e. The Morgan fingerprint density at radius 3 is 2.65 bits per heavy atom. The monoisotopic (exact) mass is 310 g/mol. The molecular formula is C13H15ClN4OS. The number of nitrogens with two attached hydrogens (primary N) is 1. The molecule has 2 rings (SSSR count). The first-order valence-corrected chi connectivity index (χ1v) is 7.09. The summed E-state index contributed by atoms with van der Waals surface area (Å²) in [5.74, 6) is -0.231. The second-order valence-electron chi connectivity index (χ2n) is 4.48. The van der Waals surface area contributed by atoms with E-state index < -0.39 is 0 Å². The molecule has 0 radical (unpaired) electrons. The van der Waals surface area contributed by atoms with Crippen molar-refractivity contribution in [2.75, 3.05) is 30.0 Å². The molecule has 0 aliphatic heterocycles. The largest absolute Gasteiger partial charge is 0.376 e. The predicted octanol–water partition coefficient (Wildman–Crippen LogP) is 3.01. The summed E-state index contributed by atoms with van der Waals surface area (Å²) in [6.45, 7) is 1.75. The number of thiazole rings is 1. The van der Waals surface area contributed by atoms with Crippen molar-refractivity contribution >= 4 is 45.4 Å². The second-order valence-corrected chi connectivity index (χ2v) is 5.92. The van der Waals surface area contributed by atoms with Gasteiger partial charge >= 0.3 is 0 Å². The fourth-order valence-corrected chi connectivity index (χ4v) is 2.84. The number of rotatable bonds is 3. The fourth-order valence-electron chi connectivity index (χ4n) is 1.76. The summed E-state index contributed by atoms with van der Waals surface area (Å²) in [6.07, 6.45) is 0. The third-order valence-corrected chi connectivity index (χ3v) is 3.99. The van der Waals surface area contributed by atoms with Crippen LogP contribution in [0.4, 0.5) is 16.5 Å². The Balaban J connectivity index is 2.20. The van der Waals surface area contributed by atoms with Gasteiger partial charge in [-0.25, -0.2) is 4.98 Å². The number of nitrogen functional groups attached to an aromatic ring is 1. The molecule has 1 amide bonds. The third-order valence-electron chi connectivity index (χ3n) is 2.71. The number of anilines is 3. The highest BCUT2D eigenvalue weighted by atomic mass is 35.5. The molecule has 7 heteroatoms. The number of aryl methyl sites for hydroxylation is 1. The van der Waals surface area contributed by atoms with Gasteiger partial charge in [0.1, 0.15) is 4.88 Å². The van der Waals surface area contributed by atoms with E-state index >= 15 is 0 Å². The Kier molecular flexibility index (Phi) is 4.15. The maximum Gasteiger partial charge on any atom is 0.267 e. The van der Waals surface area contributed by atoms with Crippen molar-refractivity contribution in [3.05, 3.63) is 33.8 Å². The molecule has 1 aromatic carbocycles. The average molecular weight is 311 g/mol. The van der Waals surface area contributed by atoms with Crippen molar-refractivity contribution in [2.24, 2.45) is 0 Å². The van der Waals surface area contributed by atoms with Crippen molar-refractivity contribution in [3.63, 3.8) is 0 Å². The normalized spacial score (nSPS) is 10.4. The van der Waals surface area contributed by atoms with Gasteiger partial charge in [-0.1, -0.05) is 22.9 Å². The first-order chi connectivity index (χ1) is 9.38. The molecule has 1 heterocycles. The Hall–Kier alpha value is -1.79. The van der Waals surface area contributed by atoms with Crippen molar-refractivity contribution in [3.8, 4) is 0 Å². The summed E-state index contributed by atoms with van der Waals surface area (Å²) in [5.41, 5.74) is 7.74. The molecule has 0 fully saturated rings. The quantitative estimate of drug-likeness (QED) is 0.914. The molecule has 0 spiro atoms. The molecule has 5 nitrogen and oxygen atoms in total. The van der Waals surface area contributed by atoms with Crippen LogP contribution in [0.1, 0.15) is 15.4 Å². The third kappa shape index (κ3) is 3.02. The molecule has 3 N–H and O–H groups in total. The van der Waals surface area contributed by atoms with E-state index in [2.05, 4.69) is 10.3 Å². The molecule has 0 atom stereocenters. The lowest BCUT2D eigenvalue weighted by Gasteiger charge is -2.15. The number of nitrogens with zero attached hydrogens (tertiary/aromatic N) is 2. The number of halogens is 1. The first kappa shape index (κ1) is 14.6. The van der Waals surface area contributed by atoms with E-state index in [9.17, 15) is 4.79 Å². The Morgan fingerprint density at radius 2 is 2.15 bits per heavy atom. The van der Waals surface area contributed by atoms with E-state index in [1.807, 2.05) is 25.1 Å². The minimum absolute atomic E-state index is 0.231. The van der Waals surface area contributed by atoms with Gasteiger partial charge in [-0.15, -0.1) is 0 Å². The predicted molar refractivity (Wildman–Crippen MR) is 85.0 cm³/mol. The molecule has 0 aliphatic carbocycles. The number of amides is 1. The Morgan fingerprint density at radius 1 is 1.45 bits per heavy atom. The molecule has 0 saturated heterocycles. The minimum atomic E-state index is -0.231. The number of carbonyl (C=O) groups is 1. The lowest BCUT2D eigenvalue weighted by molar-refractivity contribution is 0.103. The van der Waals surface area contributed by atoms with Gasteiger partial charge < -0.3 is 16.0 Å². The van der Waals surface area contributed by atoms with Crippen LogP contribution in [0.15, 0.2) is 18.2 Å². The van der Waals surface area contributed by atoms with Crippen molar-refractivity contribution in [1.82, 2.24) is 4.98 Å². The van der Waals surface area contributed by atoms with Gasteiger partial charge in [0.15, 0.2) is 5.13 Å². The van der Waals surface area contributed by atoms with Crippen LogP contribution < -0.4 is 16.0 Å². The standard InChI is InChI=1S/C13H15ClN4OS/c1-7-11(20-13(15)16-7)12(19)17-8-4-5-10(18(2)3)9(14)6-8/h4-6H,1-3H3,(H2,15,16)(H,17,19). The zero-order chi connectivity index (χ0) is 14.9. The zero-order valence-corrected chi connectivity index (χ0v) is 13.0. The highest BCUT2D eigenvalue weighted by molar-refractivity contribution is 7.17. The SMILES string of the molecule is Cc1nc(N)sc1C(=O)Nc1ccc(N(C)C)c(Cl)c1. The summed E-state index contributed by atoms with van der Waals surface area (Å²) in [6, 6.07) is 5.37. The number of aromatic nitrogens is 1. The van der Waals surface area contributed by atoms with E-state index in [1.54, 1.807) is 19.1 Å². The number of hydrogen-bond acceptors (Lipinski definition) is 5. The van der Waals surface area contributed by atoms with Crippen LogP contribution in [-0.2, 0) is 0 Å². The van der Waals surface area contributed by atoms with E-state index in [4.69, 9.17) is 17.3 Å². The van der Waals surface area contributed by atoms with Crippen LogP contribution >= 0.6 is 22.9 Å². The maximum absolute atomic E-state index is 12.1. The molecule has 2 aromatic rings. The molecule has 1 aromatic heterocycles. The van der Waals surface area contributed by atoms with Crippen LogP contribution in [-0.4, -0.2) is 25.0 Å². The maximum atomic E-state index is 12.1. The number of hydrogen-bond donors (Lipinski definition) is 2. The molecule has 0 unspecified atom stereocenters. The highest BCUT2D eigenvalue weighted by Gasteiger charge is 2.15. The van der Waals surface area contributed by atoms with Gasteiger partial charge in [0.05, 0.1) is 16.4 Å². The minimum Gasteiger partial charge on any atom is -0.376 e. The summed E-state index contributed by atoms with van der Waals surface area (Å²) >= 11 is 7.33. The summed E-state index contributed by atoms with van der Waals surface area (Å²) in [7, 11) is 3.81. The number of carbonyl (C=O) groups excluding carboxylic acids is 1. The van der Waals surface area contributed by atoms with Crippen molar-refractivity contribution in [2.45, 2.75) is 6.92 Å². The van der Waals surface area contributed by atoms with E-state index in [0.717, 1.165) is 5.69 Å².